The second-order valence-electron chi connectivity index (χ2n) is 7.98. The second kappa shape index (κ2) is 8.85. The third kappa shape index (κ3) is 6.24. The number of carbonyl (C=O) groups is 2. The van der Waals surface area contributed by atoms with E-state index in [1.165, 1.54) is 5.56 Å². The van der Waals surface area contributed by atoms with Crippen LogP contribution in [0.15, 0.2) is 48.5 Å². The van der Waals surface area contributed by atoms with Crippen LogP contribution in [0.4, 0.5) is 5.69 Å². The van der Waals surface area contributed by atoms with Crippen molar-refractivity contribution in [2.75, 3.05) is 18.0 Å². The van der Waals surface area contributed by atoms with E-state index in [2.05, 4.69) is 38.2 Å². The Balaban J connectivity index is 1.93. The molecule has 4 nitrogen and oxygen atoms in total. The summed E-state index contributed by atoms with van der Waals surface area (Å²) in [5, 5.41) is 2.91. The maximum atomic E-state index is 12.2. The normalized spacial score (nSPS) is 11.1. The summed E-state index contributed by atoms with van der Waals surface area (Å²) in [6.07, 6.45) is 0.349. The molecule has 0 atom stereocenters. The molecule has 0 heterocycles. The Morgan fingerprint density at radius 2 is 1.70 bits per heavy atom. The molecule has 2 aromatic rings. The molecule has 1 N–H and O–H groups in total. The predicted molar refractivity (Wildman–Crippen MR) is 111 cm³/mol. The quantitative estimate of drug-likeness (QED) is 0.840. The monoisotopic (exact) mass is 366 g/mol. The number of nitrogens with one attached hydrogen (secondary N) is 1. The summed E-state index contributed by atoms with van der Waals surface area (Å²) >= 11 is 0. The molecular weight excluding hydrogens is 336 g/mol. The molecule has 27 heavy (non-hydrogen) atoms. The van der Waals surface area contributed by atoms with Gasteiger partial charge in [0, 0.05) is 25.7 Å². The molecule has 2 amide bonds. The van der Waals surface area contributed by atoms with Crippen molar-refractivity contribution in [2.24, 2.45) is 0 Å². The molecule has 144 valence electrons. The first-order valence-electron chi connectivity index (χ1n) is 9.38. The van der Waals surface area contributed by atoms with Crippen LogP contribution in [-0.4, -0.2) is 24.9 Å². The van der Waals surface area contributed by atoms with Crippen LogP contribution < -0.4 is 10.2 Å². The van der Waals surface area contributed by atoms with Gasteiger partial charge in [0.05, 0.1) is 6.42 Å². The number of rotatable bonds is 6. The van der Waals surface area contributed by atoms with Crippen molar-refractivity contribution in [3.05, 3.63) is 65.2 Å². The zero-order valence-corrected chi connectivity index (χ0v) is 17.0. The number of amides is 2. The topological polar surface area (TPSA) is 49.4 Å². The summed E-state index contributed by atoms with van der Waals surface area (Å²) in [4.78, 5) is 25.9. The minimum atomic E-state index is -0.0357. The fourth-order valence-corrected chi connectivity index (χ4v) is 2.99. The van der Waals surface area contributed by atoms with Gasteiger partial charge in [0.25, 0.3) is 0 Å². The Morgan fingerprint density at radius 3 is 2.26 bits per heavy atom. The Kier molecular flexibility index (Phi) is 6.78. The molecule has 0 aromatic heterocycles. The van der Waals surface area contributed by atoms with E-state index < -0.39 is 0 Å². The molecule has 0 saturated carbocycles. The van der Waals surface area contributed by atoms with E-state index >= 15 is 0 Å². The van der Waals surface area contributed by atoms with Gasteiger partial charge < -0.3 is 10.2 Å². The summed E-state index contributed by atoms with van der Waals surface area (Å²) in [6, 6.07) is 16.0. The molecule has 4 heteroatoms. The van der Waals surface area contributed by atoms with Crippen molar-refractivity contribution in [3.8, 4) is 0 Å². The highest BCUT2D eigenvalue weighted by molar-refractivity contribution is 5.91. The van der Waals surface area contributed by atoms with E-state index in [-0.39, 0.29) is 17.2 Å². The highest BCUT2D eigenvalue weighted by atomic mass is 16.2. The van der Waals surface area contributed by atoms with E-state index in [0.29, 0.717) is 19.5 Å². The molecular formula is C23H30N2O2. The zero-order chi connectivity index (χ0) is 20.0. The molecule has 2 aromatic carbocycles. The van der Waals surface area contributed by atoms with E-state index in [1.807, 2.05) is 43.3 Å². The van der Waals surface area contributed by atoms with Crippen LogP contribution in [0.25, 0.3) is 0 Å². The Bertz CT molecular complexity index is 789. The van der Waals surface area contributed by atoms with E-state index in [4.69, 9.17) is 0 Å². The van der Waals surface area contributed by atoms with E-state index in [0.717, 1.165) is 16.8 Å². The number of carbonyl (C=O) groups excluding carboxylic acids is 2. The van der Waals surface area contributed by atoms with Crippen LogP contribution in [0.2, 0.25) is 0 Å². The summed E-state index contributed by atoms with van der Waals surface area (Å²) in [5.41, 5.74) is 4.28. The first-order valence-corrected chi connectivity index (χ1v) is 9.38. The minimum absolute atomic E-state index is 0.0350. The van der Waals surface area contributed by atoms with Crippen molar-refractivity contribution >= 4 is 17.5 Å². The maximum absolute atomic E-state index is 12.2. The van der Waals surface area contributed by atoms with Crippen LogP contribution in [0.3, 0.4) is 0 Å². The average Bonchev–Trinajstić information content (AvgIpc) is 2.58. The van der Waals surface area contributed by atoms with Gasteiger partial charge in [0.15, 0.2) is 0 Å². The van der Waals surface area contributed by atoms with Crippen LogP contribution in [0.5, 0.6) is 0 Å². The zero-order valence-electron chi connectivity index (χ0n) is 17.0. The molecule has 0 fully saturated rings. The number of nitrogens with zero attached hydrogens (tertiary/aromatic N) is 1. The predicted octanol–water partition coefficient (Wildman–Crippen LogP) is 4.00. The molecule has 0 bridgehead atoms. The van der Waals surface area contributed by atoms with Crippen molar-refractivity contribution in [2.45, 2.75) is 46.5 Å². The van der Waals surface area contributed by atoms with Gasteiger partial charge in [-0.15, -0.1) is 0 Å². The van der Waals surface area contributed by atoms with Crippen LogP contribution in [-0.2, 0) is 21.4 Å². The first-order chi connectivity index (χ1) is 12.7. The summed E-state index contributed by atoms with van der Waals surface area (Å²) in [7, 11) is 0. The molecule has 0 aliphatic heterocycles. The summed E-state index contributed by atoms with van der Waals surface area (Å²) < 4.78 is 0. The van der Waals surface area contributed by atoms with Crippen LogP contribution in [0.1, 0.15) is 44.4 Å². The Morgan fingerprint density at radius 1 is 1.04 bits per heavy atom. The molecule has 0 saturated heterocycles. The molecule has 0 aliphatic carbocycles. The van der Waals surface area contributed by atoms with Gasteiger partial charge in [0.1, 0.15) is 0 Å². The average molecular weight is 367 g/mol. The van der Waals surface area contributed by atoms with Crippen LogP contribution >= 0.6 is 0 Å². The van der Waals surface area contributed by atoms with Crippen LogP contribution in [0, 0.1) is 6.92 Å². The van der Waals surface area contributed by atoms with E-state index in [1.54, 1.807) is 11.8 Å². The van der Waals surface area contributed by atoms with E-state index in [9.17, 15) is 9.59 Å². The SMILES string of the molecule is CC(=O)N(CCNC(=O)Cc1cccc(C)c1)c1ccc(C(C)(C)C)cc1. The van der Waals surface area contributed by atoms with Crippen molar-refractivity contribution in [1.29, 1.82) is 0 Å². The molecule has 0 unspecified atom stereocenters. The third-order valence-electron chi connectivity index (χ3n) is 4.53. The fourth-order valence-electron chi connectivity index (χ4n) is 2.99. The van der Waals surface area contributed by atoms with Gasteiger partial charge >= 0.3 is 0 Å². The molecule has 0 aliphatic rings. The second-order valence-corrected chi connectivity index (χ2v) is 7.98. The van der Waals surface area contributed by atoms with Gasteiger partial charge in [-0.2, -0.15) is 0 Å². The minimum Gasteiger partial charge on any atom is -0.354 e. The summed E-state index contributed by atoms with van der Waals surface area (Å²) in [5.74, 6) is -0.0707. The highest BCUT2D eigenvalue weighted by Crippen LogP contribution is 2.25. The Labute approximate surface area is 162 Å². The third-order valence-corrected chi connectivity index (χ3v) is 4.53. The van der Waals surface area contributed by atoms with Gasteiger partial charge in [0.2, 0.25) is 11.8 Å². The lowest BCUT2D eigenvalue weighted by Gasteiger charge is -2.24. The largest absolute Gasteiger partial charge is 0.354 e. The number of anilines is 1. The van der Waals surface area contributed by atoms with Gasteiger partial charge in [-0.25, -0.2) is 0 Å². The summed E-state index contributed by atoms with van der Waals surface area (Å²) in [6.45, 7) is 10.9. The van der Waals surface area contributed by atoms with Crippen molar-refractivity contribution < 1.29 is 9.59 Å². The highest BCUT2D eigenvalue weighted by Gasteiger charge is 2.16. The smallest absolute Gasteiger partial charge is 0.224 e. The first kappa shape index (κ1) is 20.7. The van der Waals surface area contributed by atoms with Gasteiger partial charge in [-0.1, -0.05) is 62.7 Å². The number of hydrogen-bond acceptors (Lipinski definition) is 2. The Hall–Kier alpha value is -2.62. The molecule has 0 spiro atoms. The lowest BCUT2D eigenvalue weighted by molar-refractivity contribution is -0.121. The van der Waals surface area contributed by atoms with Crippen molar-refractivity contribution in [3.63, 3.8) is 0 Å². The lowest BCUT2D eigenvalue weighted by Crippen LogP contribution is -2.38. The van der Waals surface area contributed by atoms with Gasteiger partial charge in [-0.05, 0) is 35.6 Å². The fraction of sp³-hybridized carbons (Fsp3) is 0.391. The molecule has 2 rings (SSSR count). The van der Waals surface area contributed by atoms with Gasteiger partial charge in [-0.3, -0.25) is 9.59 Å². The number of hydrogen-bond donors (Lipinski definition) is 1. The number of aryl methyl sites for hydroxylation is 1. The molecule has 0 radical (unpaired) electrons. The maximum Gasteiger partial charge on any atom is 0.224 e. The van der Waals surface area contributed by atoms with Crippen molar-refractivity contribution in [1.82, 2.24) is 5.32 Å². The number of benzene rings is 2. The standard InChI is InChI=1S/C23H30N2O2/c1-17-7-6-8-19(15-17)16-22(27)24-13-14-25(18(2)26)21-11-9-20(10-12-21)23(3,4)5/h6-12,15H,13-14,16H2,1-5H3,(H,24,27). The lowest BCUT2D eigenvalue weighted by atomic mass is 9.87.